The number of fused-ring (bicyclic) bond motifs is 1. The summed E-state index contributed by atoms with van der Waals surface area (Å²) < 4.78 is 0. The van der Waals surface area contributed by atoms with Crippen LogP contribution in [-0.4, -0.2) is 11.9 Å². The minimum absolute atomic E-state index is 0.352. The summed E-state index contributed by atoms with van der Waals surface area (Å²) in [4.78, 5) is 12.5. The molecule has 0 aromatic heterocycles. The molecule has 3 rings (SSSR count). The Hall–Kier alpha value is -0.530. The molecule has 3 fully saturated rings. The van der Waals surface area contributed by atoms with E-state index in [1.165, 1.54) is 38.5 Å². The van der Waals surface area contributed by atoms with Crippen LogP contribution in [0.5, 0.6) is 0 Å². The number of nitrogens with one attached hydrogen (secondary N) is 1. The number of amides is 1. The lowest BCUT2D eigenvalue weighted by molar-refractivity contribution is -0.123. The summed E-state index contributed by atoms with van der Waals surface area (Å²) in [6.07, 6.45) is 7.68. The number of hydrogen-bond acceptors (Lipinski definition) is 1. The van der Waals surface area contributed by atoms with Crippen LogP contribution in [0.15, 0.2) is 0 Å². The molecule has 0 aromatic rings. The van der Waals surface area contributed by atoms with Crippen LogP contribution in [-0.2, 0) is 4.79 Å². The van der Waals surface area contributed by atoms with Crippen molar-refractivity contribution in [3.63, 3.8) is 0 Å². The third-order valence-electron chi connectivity index (χ3n) is 6.10. The Morgan fingerprint density at radius 1 is 1.05 bits per heavy atom. The van der Waals surface area contributed by atoms with Gasteiger partial charge in [0.1, 0.15) is 0 Å². The molecule has 2 nitrogen and oxygen atoms in total. The minimum atomic E-state index is 0.352. The maximum absolute atomic E-state index is 12.5. The smallest absolute Gasteiger partial charge is 0.223 e. The molecule has 108 valence electrons. The van der Waals surface area contributed by atoms with E-state index in [0.717, 1.165) is 17.8 Å². The van der Waals surface area contributed by atoms with Crippen LogP contribution in [0.3, 0.4) is 0 Å². The number of hydrogen-bond donors (Lipinski definition) is 1. The van der Waals surface area contributed by atoms with Crippen molar-refractivity contribution in [3.8, 4) is 0 Å². The lowest BCUT2D eigenvalue weighted by Crippen LogP contribution is -2.34. The highest BCUT2D eigenvalue weighted by Crippen LogP contribution is 2.62. The summed E-state index contributed by atoms with van der Waals surface area (Å²) in [5.41, 5.74) is 0. The lowest BCUT2D eigenvalue weighted by Gasteiger charge is -2.28. The molecule has 0 bridgehead atoms. The Kier molecular flexibility index (Phi) is 3.61. The average molecular weight is 263 g/mol. The summed E-state index contributed by atoms with van der Waals surface area (Å²) in [5, 5.41) is 3.34. The predicted molar refractivity (Wildman–Crippen MR) is 77.6 cm³/mol. The second-order valence-electron chi connectivity index (χ2n) is 7.63. The molecule has 0 heterocycles. The molecule has 0 aromatic carbocycles. The molecule has 3 aliphatic carbocycles. The van der Waals surface area contributed by atoms with Gasteiger partial charge in [0.05, 0.1) is 0 Å². The van der Waals surface area contributed by atoms with Gasteiger partial charge in [-0.05, 0) is 48.9 Å². The molecule has 0 saturated heterocycles. The molecule has 1 N–H and O–H groups in total. The van der Waals surface area contributed by atoms with E-state index in [0.29, 0.717) is 29.7 Å². The van der Waals surface area contributed by atoms with Crippen LogP contribution in [0.25, 0.3) is 0 Å². The van der Waals surface area contributed by atoms with E-state index in [2.05, 4.69) is 26.1 Å². The fourth-order valence-corrected chi connectivity index (χ4v) is 4.98. The summed E-state index contributed by atoms with van der Waals surface area (Å²) in [6, 6.07) is 0.489. The second kappa shape index (κ2) is 5.10. The van der Waals surface area contributed by atoms with Gasteiger partial charge in [-0.15, -0.1) is 0 Å². The van der Waals surface area contributed by atoms with Crippen molar-refractivity contribution in [2.45, 2.75) is 65.3 Å². The molecule has 5 atom stereocenters. The van der Waals surface area contributed by atoms with Crippen LogP contribution in [0.4, 0.5) is 0 Å². The van der Waals surface area contributed by atoms with Crippen LogP contribution in [0, 0.1) is 35.5 Å². The van der Waals surface area contributed by atoms with Crippen LogP contribution < -0.4 is 5.32 Å². The van der Waals surface area contributed by atoms with Gasteiger partial charge >= 0.3 is 0 Å². The molecule has 0 radical (unpaired) electrons. The lowest BCUT2D eigenvalue weighted by atomic mass is 9.77. The highest BCUT2D eigenvalue weighted by Gasteiger charge is 2.61. The Balaban J connectivity index is 1.63. The molecule has 1 amide bonds. The van der Waals surface area contributed by atoms with Gasteiger partial charge in [-0.25, -0.2) is 0 Å². The van der Waals surface area contributed by atoms with Crippen molar-refractivity contribution in [3.05, 3.63) is 0 Å². The predicted octanol–water partition coefficient (Wildman–Crippen LogP) is 3.61. The van der Waals surface area contributed by atoms with Gasteiger partial charge in [-0.3, -0.25) is 4.79 Å². The third kappa shape index (κ3) is 2.43. The summed E-state index contributed by atoms with van der Waals surface area (Å²) >= 11 is 0. The maximum Gasteiger partial charge on any atom is 0.223 e. The molecule has 0 unspecified atom stereocenters. The monoisotopic (exact) mass is 263 g/mol. The van der Waals surface area contributed by atoms with E-state index in [4.69, 9.17) is 0 Å². The molecule has 2 heteroatoms. The van der Waals surface area contributed by atoms with E-state index >= 15 is 0 Å². The van der Waals surface area contributed by atoms with Crippen molar-refractivity contribution < 1.29 is 4.79 Å². The Labute approximate surface area is 117 Å². The Bertz CT molecular complexity index is 345. The van der Waals surface area contributed by atoms with Crippen LogP contribution >= 0.6 is 0 Å². The summed E-state index contributed by atoms with van der Waals surface area (Å²) in [7, 11) is 0. The fourth-order valence-electron chi connectivity index (χ4n) is 4.98. The number of carbonyl (C=O) groups excluding carboxylic acids is 1. The van der Waals surface area contributed by atoms with E-state index in [-0.39, 0.29) is 0 Å². The largest absolute Gasteiger partial charge is 0.353 e. The number of carbonyl (C=O) groups is 1. The Morgan fingerprint density at radius 3 is 2.37 bits per heavy atom. The first-order chi connectivity index (χ1) is 9.09. The van der Waals surface area contributed by atoms with Crippen molar-refractivity contribution in [2.75, 3.05) is 0 Å². The topological polar surface area (TPSA) is 29.1 Å². The fraction of sp³-hybridized carbons (Fsp3) is 0.941. The third-order valence-corrected chi connectivity index (χ3v) is 6.10. The molecule has 3 saturated carbocycles. The maximum atomic E-state index is 12.5. The van der Waals surface area contributed by atoms with Crippen LogP contribution in [0.2, 0.25) is 0 Å². The first-order valence-electron chi connectivity index (χ1n) is 8.40. The van der Waals surface area contributed by atoms with Gasteiger partial charge in [0, 0.05) is 12.0 Å². The second-order valence-corrected chi connectivity index (χ2v) is 7.63. The zero-order chi connectivity index (χ0) is 13.6. The number of rotatable bonds is 3. The zero-order valence-electron chi connectivity index (χ0n) is 12.7. The van der Waals surface area contributed by atoms with Gasteiger partial charge in [0.2, 0.25) is 5.91 Å². The highest BCUT2D eigenvalue weighted by atomic mass is 16.2. The molecule has 0 aliphatic heterocycles. The quantitative estimate of drug-likeness (QED) is 0.828. The van der Waals surface area contributed by atoms with E-state index in [1.54, 1.807) is 0 Å². The SMILES string of the molecule is CC(C)[C@@H]1CC[C@@H](C)[C@@H]2[C@@H](C(=O)NC3CCCC3)[C@@H]21. The first-order valence-corrected chi connectivity index (χ1v) is 8.40. The molecule has 3 aliphatic rings. The normalized spacial score (nSPS) is 42.2. The van der Waals surface area contributed by atoms with Crippen molar-refractivity contribution in [1.29, 1.82) is 0 Å². The highest BCUT2D eigenvalue weighted by molar-refractivity contribution is 5.82. The van der Waals surface area contributed by atoms with E-state index in [1.807, 2.05) is 0 Å². The van der Waals surface area contributed by atoms with Crippen molar-refractivity contribution in [2.24, 2.45) is 35.5 Å². The first kappa shape index (κ1) is 13.5. The minimum Gasteiger partial charge on any atom is -0.353 e. The Morgan fingerprint density at radius 2 is 1.74 bits per heavy atom. The van der Waals surface area contributed by atoms with Gasteiger partial charge in [-0.2, -0.15) is 0 Å². The van der Waals surface area contributed by atoms with Gasteiger partial charge in [0.25, 0.3) is 0 Å². The van der Waals surface area contributed by atoms with Crippen molar-refractivity contribution >= 4 is 5.91 Å². The van der Waals surface area contributed by atoms with E-state index < -0.39 is 0 Å². The zero-order valence-corrected chi connectivity index (χ0v) is 12.7. The molecule has 19 heavy (non-hydrogen) atoms. The van der Waals surface area contributed by atoms with Gasteiger partial charge in [-0.1, -0.05) is 40.0 Å². The standard InChI is InChI=1S/C17H29NO/c1-10(2)13-9-8-11(3)14-15(13)16(14)17(19)18-12-6-4-5-7-12/h10-16H,4-9H2,1-3H3,(H,18,19)/t11-,13+,14+,15-,16-/m1/s1. The van der Waals surface area contributed by atoms with Gasteiger partial charge < -0.3 is 5.32 Å². The van der Waals surface area contributed by atoms with Crippen molar-refractivity contribution in [1.82, 2.24) is 5.32 Å². The summed E-state index contributed by atoms with van der Waals surface area (Å²) in [6.45, 7) is 7.03. The molecular formula is C17H29NO. The average Bonchev–Trinajstić information content (AvgIpc) is 2.91. The molecular weight excluding hydrogens is 234 g/mol. The van der Waals surface area contributed by atoms with Gasteiger partial charge in [0.15, 0.2) is 0 Å². The summed E-state index contributed by atoms with van der Waals surface area (Å²) in [5.74, 6) is 4.43. The van der Waals surface area contributed by atoms with E-state index in [9.17, 15) is 4.79 Å². The molecule has 0 spiro atoms. The van der Waals surface area contributed by atoms with Crippen LogP contribution in [0.1, 0.15) is 59.3 Å².